The second kappa shape index (κ2) is 6.60. The molecule has 4 nitrogen and oxygen atoms in total. The first kappa shape index (κ1) is 13.1. The van der Waals surface area contributed by atoms with Gasteiger partial charge in [0, 0.05) is 10.7 Å². The number of aromatic nitrogens is 1. The van der Waals surface area contributed by atoms with Gasteiger partial charge in [-0.25, -0.2) is 4.79 Å². The Hall–Kier alpha value is -0.940. The van der Waals surface area contributed by atoms with Crippen molar-refractivity contribution >= 4 is 21.9 Å². The standard InChI is InChI=1S/C11H15BrN2O2/c1-3-13-10(11(15)16-4-2)9-6-5-8(12)7-14-9/h5-7,10,13H,3-4H2,1-2H3. The summed E-state index contributed by atoms with van der Waals surface area (Å²) in [6.45, 7) is 4.78. The molecule has 16 heavy (non-hydrogen) atoms. The number of ether oxygens (including phenoxy) is 1. The Labute approximate surface area is 104 Å². The minimum absolute atomic E-state index is 0.292. The van der Waals surface area contributed by atoms with Crippen LogP contribution in [0.15, 0.2) is 22.8 Å². The van der Waals surface area contributed by atoms with Crippen molar-refractivity contribution in [1.29, 1.82) is 0 Å². The lowest BCUT2D eigenvalue weighted by Crippen LogP contribution is -2.30. The van der Waals surface area contributed by atoms with Crippen molar-refractivity contribution in [2.75, 3.05) is 13.2 Å². The van der Waals surface area contributed by atoms with Crippen LogP contribution in [-0.2, 0) is 9.53 Å². The third kappa shape index (κ3) is 3.57. The second-order valence-electron chi connectivity index (χ2n) is 3.14. The van der Waals surface area contributed by atoms with Gasteiger partial charge in [-0.05, 0) is 41.5 Å². The number of halogens is 1. The van der Waals surface area contributed by atoms with Crippen LogP contribution in [0.25, 0.3) is 0 Å². The Balaban J connectivity index is 2.84. The van der Waals surface area contributed by atoms with E-state index in [1.54, 1.807) is 19.2 Å². The molecule has 88 valence electrons. The normalized spacial score (nSPS) is 12.2. The van der Waals surface area contributed by atoms with E-state index in [-0.39, 0.29) is 5.97 Å². The lowest BCUT2D eigenvalue weighted by Gasteiger charge is -2.15. The molecular weight excluding hydrogens is 272 g/mol. The van der Waals surface area contributed by atoms with Crippen LogP contribution in [-0.4, -0.2) is 24.1 Å². The van der Waals surface area contributed by atoms with E-state index in [0.717, 1.165) is 4.47 Å². The molecule has 0 amide bonds. The van der Waals surface area contributed by atoms with Gasteiger partial charge in [0.2, 0.25) is 0 Å². The van der Waals surface area contributed by atoms with E-state index in [4.69, 9.17) is 4.74 Å². The number of hydrogen-bond acceptors (Lipinski definition) is 4. The van der Waals surface area contributed by atoms with Crippen molar-refractivity contribution in [3.05, 3.63) is 28.5 Å². The molecule has 1 aromatic rings. The maximum atomic E-state index is 11.7. The van der Waals surface area contributed by atoms with E-state index >= 15 is 0 Å². The van der Waals surface area contributed by atoms with Crippen molar-refractivity contribution in [3.8, 4) is 0 Å². The smallest absolute Gasteiger partial charge is 0.329 e. The van der Waals surface area contributed by atoms with Gasteiger partial charge in [-0.3, -0.25) is 10.3 Å². The molecule has 1 unspecified atom stereocenters. The van der Waals surface area contributed by atoms with E-state index in [1.165, 1.54) is 0 Å². The molecule has 0 aliphatic carbocycles. The van der Waals surface area contributed by atoms with E-state index in [2.05, 4.69) is 26.2 Å². The van der Waals surface area contributed by atoms with Crippen molar-refractivity contribution < 1.29 is 9.53 Å². The quantitative estimate of drug-likeness (QED) is 0.842. The SMILES string of the molecule is CCNC(C(=O)OCC)c1ccc(Br)cn1. The van der Waals surface area contributed by atoms with Crippen molar-refractivity contribution in [2.45, 2.75) is 19.9 Å². The third-order valence-corrected chi connectivity index (χ3v) is 2.45. The molecule has 0 saturated carbocycles. The van der Waals surface area contributed by atoms with Gasteiger partial charge in [-0.2, -0.15) is 0 Å². The maximum absolute atomic E-state index is 11.7. The highest BCUT2D eigenvalue weighted by atomic mass is 79.9. The molecule has 1 rings (SSSR count). The second-order valence-corrected chi connectivity index (χ2v) is 4.06. The number of nitrogens with zero attached hydrogens (tertiary/aromatic N) is 1. The fraction of sp³-hybridized carbons (Fsp3) is 0.455. The Bertz CT molecular complexity index is 340. The number of likely N-dealkylation sites (N-methyl/N-ethyl adjacent to an activating group) is 1. The zero-order valence-electron chi connectivity index (χ0n) is 9.37. The molecule has 0 fully saturated rings. The summed E-state index contributed by atoms with van der Waals surface area (Å²) in [7, 11) is 0. The number of nitrogens with one attached hydrogen (secondary N) is 1. The Morgan fingerprint density at radius 1 is 1.56 bits per heavy atom. The molecule has 0 radical (unpaired) electrons. The molecule has 1 heterocycles. The van der Waals surface area contributed by atoms with E-state index in [9.17, 15) is 4.79 Å². The fourth-order valence-corrected chi connectivity index (χ4v) is 1.53. The summed E-state index contributed by atoms with van der Waals surface area (Å²) in [4.78, 5) is 15.9. The Morgan fingerprint density at radius 2 is 2.31 bits per heavy atom. The molecule has 0 bridgehead atoms. The Kier molecular flexibility index (Phi) is 5.42. The van der Waals surface area contributed by atoms with Crippen LogP contribution in [0.1, 0.15) is 25.6 Å². The van der Waals surface area contributed by atoms with Crippen LogP contribution < -0.4 is 5.32 Å². The molecule has 0 aromatic carbocycles. The van der Waals surface area contributed by atoms with Crippen LogP contribution in [0, 0.1) is 0 Å². The Morgan fingerprint density at radius 3 is 2.81 bits per heavy atom. The van der Waals surface area contributed by atoms with Crippen LogP contribution in [0.5, 0.6) is 0 Å². The number of pyridine rings is 1. The minimum Gasteiger partial charge on any atom is -0.465 e. The van der Waals surface area contributed by atoms with Crippen LogP contribution in [0.3, 0.4) is 0 Å². The van der Waals surface area contributed by atoms with Crippen molar-refractivity contribution in [3.63, 3.8) is 0 Å². The van der Waals surface area contributed by atoms with Crippen LogP contribution in [0.2, 0.25) is 0 Å². The van der Waals surface area contributed by atoms with E-state index < -0.39 is 6.04 Å². The summed E-state index contributed by atoms with van der Waals surface area (Å²) in [6.07, 6.45) is 1.67. The number of hydrogen-bond donors (Lipinski definition) is 1. The van der Waals surface area contributed by atoms with Gasteiger partial charge in [0.1, 0.15) is 6.04 Å². The van der Waals surface area contributed by atoms with Gasteiger partial charge in [0.25, 0.3) is 0 Å². The summed E-state index contributed by atoms with van der Waals surface area (Å²) < 4.78 is 5.87. The fourth-order valence-electron chi connectivity index (χ4n) is 1.30. The first-order valence-electron chi connectivity index (χ1n) is 5.20. The molecule has 5 heteroatoms. The molecule has 1 aromatic heterocycles. The third-order valence-electron chi connectivity index (χ3n) is 1.98. The first-order valence-corrected chi connectivity index (χ1v) is 5.99. The van der Waals surface area contributed by atoms with Gasteiger partial charge < -0.3 is 4.74 Å². The summed E-state index contributed by atoms with van der Waals surface area (Å²) in [5.41, 5.74) is 0.670. The highest BCUT2D eigenvalue weighted by molar-refractivity contribution is 9.10. The first-order chi connectivity index (χ1) is 7.69. The zero-order valence-corrected chi connectivity index (χ0v) is 11.0. The molecule has 0 aliphatic rings. The van der Waals surface area contributed by atoms with Crippen molar-refractivity contribution in [2.24, 2.45) is 0 Å². The molecular formula is C11H15BrN2O2. The average Bonchev–Trinajstić information content (AvgIpc) is 2.28. The van der Waals surface area contributed by atoms with Crippen LogP contribution in [0.4, 0.5) is 0 Å². The summed E-state index contributed by atoms with van der Waals surface area (Å²) >= 11 is 3.30. The minimum atomic E-state index is -0.488. The molecule has 1 N–H and O–H groups in total. The predicted molar refractivity (Wildman–Crippen MR) is 65.0 cm³/mol. The number of rotatable bonds is 5. The van der Waals surface area contributed by atoms with E-state index in [0.29, 0.717) is 18.8 Å². The van der Waals surface area contributed by atoms with Crippen LogP contribution >= 0.6 is 15.9 Å². The lowest BCUT2D eigenvalue weighted by molar-refractivity contribution is -0.145. The monoisotopic (exact) mass is 286 g/mol. The predicted octanol–water partition coefficient (Wildman–Crippen LogP) is 2.06. The van der Waals surface area contributed by atoms with Gasteiger partial charge in [0.05, 0.1) is 12.3 Å². The topological polar surface area (TPSA) is 51.2 Å². The molecule has 0 aliphatic heterocycles. The average molecular weight is 287 g/mol. The number of esters is 1. The lowest BCUT2D eigenvalue weighted by atomic mass is 10.2. The highest BCUT2D eigenvalue weighted by Crippen LogP contribution is 2.15. The summed E-state index contributed by atoms with van der Waals surface area (Å²) in [6, 6.07) is 3.17. The van der Waals surface area contributed by atoms with Gasteiger partial charge >= 0.3 is 5.97 Å². The zero-order chi connectivity index (χ0) is 12.0. The highest BCUT2D eigenvalue weighted by Gasteiger charge is 2.21. The number of carbonyl (C=O) groups is 1. The molecule has 0 spiro atoms. The summed E-state index contributed by atoms with van der Waals surface area (Å²) in [5.74, 6) is -0.292. The van der Waals surface area contributed by atoms with Gasteiger partial charge in [-0.1, -0.05) is 6.92 Å². The van der Waals surface area contributed by atoms with E-state index in [1.807, 2.05) is 13.0 Å². The number of carbonyl (C=O) groups excluding carboxylic acids is 1. The van der Waals surface area contributed by atoms with Crippen molar-refractivity contribution in [1.82, 2.24) is 10.3 Å². The molecule has 0 saturated heterocycles. The van der Waals surface area contributed by atoms with Gasteiger partial charge in [-0.15, -0.1) is 0 Å². The summed E-state index contributed by atoms with van der Waals surface area (Å²) in [5, 5.41) is 3.05. The largest absolute Gasteiger partial charge is 0.465 e. The molecule has 1 atom stereocenters. The van der Waals surface area contributed by atoms with Gasteiger partial charge in [0.15, 0.2) is 0 Å². The maximum Gasteiger partial charge on any atom is 0.329 e.